The monoisotopic (exact) mass is 621 g/mol. The SMILES string of the molecule is CC(C)CCC[C@H](C)[C@H]1CC[C@H]2[C@@H]3CC=C4C[C@@H](OC(=O)c5cc([N+](=O)[O-])c(N6CC6)c([N+](=O)[O-])c5)CC[C@]4(C)[C@H]3CC[C@]12C. The van der Waals surface area contributed by atoms with Crippen LogP contribution in [0.5, 0.6) is 0 Å². The molecule has 4 aliphatic carbocycles. The normalized spacial score (nSPS) is 34.3. The molecule has 6 rings (SSSR count). The number of fused-ring (bicyclic) bond motifs is 5. The van der Waals surface area contributed by atoms with E-state index in [0.717, 1.165) is 55.1 Å². The predicted octanol–water partition coefficient (Wildman–Crippen LogP) is 8.89. The smallest absolute Gasteiger partial charge is 0.338 e. The lowest BCUT2D eigenvalue weighted by Crippen LogP contribution is -2.51. The van der Waals surface area contributed by atoms with Crippen molar-refractivity contribution in [2.75, 3.05) is 18.0 Å². The highest BCUT2D eigenvalue weighted by atomic mass is 16.6. The first-order valence-corrected chi connectivity index (χ1v) is 17.5. The number of anilines is 1. The molecule has 9 heteroatoms. The van der Waals surface area contributed by atoms with Gasteiger partial charge in [-0.05, 0) is 91.3 Å². The van der Waals surface area contributed by atoms with Crippen molar-refractivity contribution in [3.63, 3.8) is 0 Å². The second-order valence-electron chi connectivity index (χ2n) is 15.9. The minimum atomic E-state index is -0.727. The third-order valence-corrected chi connectivity index (χ3v) is 13.0. The zero-order chi connectivity index (χ0) is 32.3. The Morgan fingerprint density at radius 1 is 0.978 bits per heavy atom. The highest BCUT2D eigenvalue weighted by Gasteiger charge is 2.59. The zero-order valence-corrected chi connectivity index (χ0v) is 27.8. The Balaban J connectivity index is 1.14. The van der Waals surface area contributed by atoms with E-state index in [1.165, 1.54) is 50.5 Å². The molecule has 3 saturated carbocycles. The van der Waals surface area contributed by atoms with Gasteiger partial charge in [-0.2, -0.15) is 0 Å². The van der Waals surface area contributed by atoms with Gasteiger partial charge in [-0.25, -0.2) is 4.79 Å². The van der Waals surface area contributed by atoms with E-state index in [1.807, 2.05) is 0 Å². The van der Waals surface area contributed by atoms with E-state index in [4.69, 9.17) is 4.74 Å². The van der Waals surface area contributed by atoms with E-state index in [2.05, 4.69) is 40.7 Å². The molecule has 1 heterocycles. The van der Waals surface area contributed by atoms with Crippen molar-refractivity contribution in [3.8, 4) is 0 Å². The molecule has 0 aromatic heterocycles. The maximum Gasteiger partial charge on any atom is 0.338 e. The number of hydrogen-bond acceptors (Lipinski definition) is 7. The van der Waals surface area contributed by atoms with Crippen LogP contribution in [0.2, 0.25) is 0 Å². The number of benzene rings is 1. The molecule has 0 spiro atoms. The van der Waals surface area contributed by atoms with Gasteiger partial charge in [0.1, 0.15) is 6.10 Å². The van der Waals surface area contributed by atoms with Crippen LogP contribution in [0, 0.1) is 66.6 Å². The molecule has 0 radical (unpaired) electrons. The number of ether oxygens (including phenoxy) is 1. The summed E-state index contributed by atoms with van der Waals surface area (Å²) in [6.45, 7) is 13.3. The van der Waals surface area contributed by atoms with Crippen LogP contribution in [0.15, 0.2) is 23.8 Å². The number of allylic oxidation sites excluding steroid dienone is 1. The van der Waals surface area contributed by atoms with Crippen LogP contribution < -0.4 is 4.90 Å². The molecule has 1 aliphatic heterocycles. The predicted molar refractivity (Wildman–Crippen MR) is 174 cm³/mol. The Bertz CT molecular complexity index is 1350. The summed E-state index contributed by atoms with van der Waals surface area (Å²) < 4.78 is 5.93. The Morgan fingerprint density at radius 3 is 2.29 bits per heavy atom. The maximum absolute atomic E-state index is 13.3. The molecule has 1 aromatic rings. The van der Waals surface area contributed by atoms with Gasteiger partial charge in [0.2, 0.25) is 0 Å². The quantitative estimate of drug-likeness (QED) is 0.0842. The molecule has 0 amide bonds. The number of nitro groups is 2. The van der Waals surface area contributed by atoms with Gasteiger partial charge < -0.3 is 9.64 Å². The lowest BCUT2D eigenvalue weighted by atomic mass is 9.47. The average molecular weight is 622 g/mol. The number of nitrogens with zero attached hydrogens (tertiary/aromatic N) is 3. The summed E-state index contributed by atoms with van der Waals surface area (Å²) in [7, 11) is 0. The number of carbonyl (C=O) groups is 1. The van der Waals surface area contributed by atoms with Crippen LogP contribution in [0.3, 0.4) is 0 Å². The Morgan fingerprint density at radius 2 is 1.67 bits per heavy atom. The molecule has 1 saturated heterocycles. The van der Waals surface area contributed by atoms with Crippen molar-refractivity contribution in [2.24, 2.45) is 46.3 Å². The topological polar surface area (TPSA) is 116 Å². The van der Waals surface area contributed by atoms with Gasteiger partial charge in [-0.15, -0.1) is 0 Å². The van der Waals surface area contributed by atoms with E-state index in [0.29, 0.717) is 36.8 Å². The molecule has 0 unspecified atom stereocenters. The van der Waals surface area contributed by atoms with E-state index < -0.39 is 27.2 Å². The van der Waals surface area contributed by atoms with Gasteiger partial charge in [0.25, 0.3) is 0 Å². The summed E-state index contributed by atoms with van der Waals surface area (Å²) in [5, 5.41) is 23.6. The summed E-state index contributed by atoms with van der Waals surface area (Å²) in [5.41, 5.74) is 0.918. The number of rotatable bonds is 10. The number of carbonyl (C=O) groups excluding carboxylic acids is 1. The Hall–Kier alpha value is -2.97. The van der Waals surface area contributed by atoms with Crippen molar-refractivity contribution in [2.45, 2.75) is 111 Å². The third kappa shape index (κ3) is 5.78. The molecule has 9 nitrogen and oxygen atoms in total. The minimum absolute atomic E-state index is 0.0327. The first-order valence-electron chi connectivity index (χ1n) is 17.5. The van der Waals surface area contributed by atoms with Crippen LogP contribution in [0.4, 0.5) is 17.1 Å². The summed E-state index contributed by atoms with van der Waals surface area (Å²) in [5.74, 6) is 3.81. The van der Waals surface area contributed by atoms with Crippen molar-refractivity contribution >= 4 is 23.0 Å². The van der Waals surface area contributed by atoms with Gasteiger partial charge >= 0.3 is 17.3 Å². The molecule has 246 valence electrons. The fourth-order valence-electron chi connectivity index (χ4n) is 10.6. The highest BCUT2D eigenvalue weighted by molar-refractivity contribution is 5.94. The van der Waals surface area contributed by atoms with Gasteiger partial charge in [0.05, 0.1) is 15.4 Å². The molecular weight excluding hydrogens is 570 g/mol. The van der Waals surface area contributed by atoms with Gasteiger partial charge in [0.15, 0.2) is 5.69 Å². The van der Waals surface area contributed by atoms with Crippen LogP contribution in [0.1, 0.15) is 116 Å². The maximum atomic E-state index is 13.3. The number of esters is 1. The van der Waals surface area contributed by atoms with Crippen LogP contribution in [-0.2, 0) is 4.74 Å². The van der Waals surface area contributed by atoms with Crippen LogP contribution >= 0.6 is 0 Å². The molecule has 45 heavy (non-hydrogen) atoms. The second kappa shape index (κ2) is 12.0. The van der Waals surface area contributed by atoms with Crippen molar-refractivity contribution in [1.82, 2.24) is 0 Å². The van der Waals surface area contributed by atoms with Crippen molar-refractivity contribution in [3.05, 3.63) is 49.6 Å². The third-order valence-electron chi connectivity index (χ3n) is 13.0. The molecule has 0 bridgehead atoms. The van der Waals surface area contributed by atoms with Crippen LogP contribution in [0.25, 0.3) is 0 Å². The molecule has 8 atom stereocenters. The van der Waals surface area contributed by atoms with E-state index >= 15 is 0 Å². The molecule has 5 aliphatic rings. The Labute approximate surface area is 267 Å². The van der Waals surface area contributed by atoms with E-state index in [-0.39, 0.29) is 22.8 Å². The van der Waals surface area contributed by atoms with Gasteiger partial charge in [0, 0.05) is 31.6 Å². The molecule has 4 fully saturated rings. The van der Waals surface area contributed by atoms with E-state index in [9.17, 15) is 25.0 Å². The summed E-state index contributed by atoms with van der Waals surface area (Å²) in [6.07, 6.45) is 14.9. The largest absolute Gasteiger partial charge is 0.458 e. The average Bonchev–Trinajstić information content (AvgIpc) is 3.76. The van der Waals surface area contributed by atoms with Crippen molar-refractivity contribution in [1.29, 1.82) is 0 Å². The van der Waals surface area contributed by atoms with E-state index in [1.54, 1.807) is 4.90 Å². The fourth-order valence-corrected chi connectivity index (χ4v) is 10.6. The number of nitro benzene ring substituents is 2. The molecule has 1 aromatic carbocycles. The minimum Gasteiger partial charge on any atom is -0.458 e. The van der Waals surface area contributed by atoms with Gasteiger partial charge in [-0.3, -0.25) is 20.2 Å². The highest BCUT2D eigenvalue weighted by Crippen LogP contribution is 2.67. The molecular formula is C36H51N3O6. The van der Waals surface area contributed by atoms with Gasteiger partial charge in [-0.1, -0.05) is 65.5 Å². The first-order chi connectivity index (χ1) is 21.3. The zero-order valence-electron chi connectivity index (χ0n) is 27.8. The molecule has 0 N–H and O–H groups in total. The summed E-state index contributed by atoms with van der Waals surface area (Å²) in [6, 6.07) is 2.28. The lowest BCUT2D eigenvalue weighted by Gasteiger charge is -2.58. The first kappa shape index (κ1) is 32.0. The summed E-state index contributed by atoms with van der Waals surface area (Å²) >= 11 is 0. The second-order valence-corrected chi connectivity index (χ2v) is 15.9. The van der Waals surface area contributed by atoms with Crippen molar-refractivity contribution < 1.29 is 19.4 Å². The Kier molecular flexibility index (Phi) is 8.53. The number of hydrogen-bond donors (Lipinski definition) is 0. The van der Waals surface area contributed by atoms with Crippen LogP contribution in [-0.4, -0.2) is 35.0 Å². The standard InChI is InChI=1S/C36H51N3O6/c1-22(2)7-6-8-23(3)28-11-12-29-27-10-9-25-21-26(13-15-35(25,4)30(27)14-16-36(28,29)5)45-34(40)24-19-31(38(41)42)33(37-17-18-37)32(20-24)39(43)44/h9,19-20,22-23,26-30H,6-8,10-18,21H2,1-5H3/t23-,26-,27-,28+,29-,30-,35-,36+/m0/s1. The summed E-state index contributed by atoms with van der Waals surface area (Å²) in [4.78, 5) is 37.1. The lowest BCUT2D eigenvalue weighted by molar-refractivity contribution is -0.392. The fraction of sp³-hybridized carbons (Fsp3) is 0.750.